The Kier molecular flexibility index (Phi) is 9.28. The number of rotatable bonds is 8. The van der Waals surface area contributed by atoms with Crippen molar-refractivity contribution in [3.05, 3.63) is 168 Å². The molecule has 320 valence electrons. The Labute approximate surface area is 374 Å². The lowest BCUT2D eigenvalue weighted by atomic mass is 9.72. The van der Waals surface area contributed by atoms with Crippen molar-refractivity contribution in [3.63, 3.8) is 0 Å². The van der Waals surface area contributed by atoms with E-state index in [-0.39, 0.29) is 10.8 Å². The predicted molar refractivity (Wildman–Crippen MR) is 258 cm³/mol. The lowest BCUT2D eigenvalue weighted by molar-refractivity contribution is 0.381. The lowest BCUT2D eigenvalue weighted by Crippen LogP contribution is -2.27. The number of hydrogen-bond acceptors (Lipinski definition) is 7. The van der Waals surface area contributed by atoms with Gasteiger partial charge in [-0.05, 0) is 58.4 Å². The summed E-state index contributed by atoms with van der Waals surface area (Å²) in [6.07, 6.45) is 7.54. The molecule has 0 bridgehead atoms. The summed E-state index contributed by atoms with van der Waals surface area (Å²) in [6, 6.07) is 41.6. The molecule has 11 nitrogen and oxygen atoms in total. The Morgan fingerprint density at radius 3 is 1.05 bits per heavy atom. The van der Waals surface area contributed by atoms with E-state index < -0.39 is 22.3 Å². The quantitative estimate of drug-likeness (QED) is 0.140. The van der Waals surface area contributed by atoms with E-state index in [4.69, 9.17) is 34.2 Å². The van der Waals surface area contributed by atoms with Crippen LogP contribution >= 0.6 is 16.9 Å². The molecule has 0 aliphatic carbocycles. The summed E-state index contributed by atoms with van der Waals surface area (Å²) >= 11 is 0. The first-order chi connectivity index (χ1) is 30.7. The highest BCUT2D eigenvalue weighted by molar-refractivity contribution is 7.50. The monoisotopic (exact) mass is 882 g/mol. The number of aromatic nitrogens is 8. The largest absolute Gasteiger partial charge is 0.449 e. The summed E-state index contributed by atoms with van der Waals surface area (Å²) in [7, 11) is -3.52. The molecule has 10 aromatic rings. The summed E-state index contributed by atoms with van der Waals surface area (Å²) in [5.74, 6) is 2.43. The van der Waals surface area contributed by atoms with Gasteiger partial charge in [0.1, 0.15) is 0 Å². The molecule has 0 amide bonds. The first-order valence-corrected chi connectivity index (χ1v) is 23.8. The van der Waals surface area contributed by atoms with Crippen LogP contribution in [-0.4, -0.2) is 38.2 Å². The number of ether oxygens (including phenoxy) is 1. The zero-order chi connectivity index (χ0) is 44.1. The number of fused-ring (bicyclic) bond motifs is 6. The van der Waals surface area contributed by atoms with E-state index in [0.717, 1.165) is 65.9 Å². The van der Waals surface area contributed by atoms with Crippen molar-refractivity contribution in [2.75, 3.05) is 0 Å². The number of nitrogens with zero attached hydrogens (tertiary/aromatic N) is 8. The summed E-state index contributed by atoms with van der Waals surface area (Å²) in [6.45, 7) is 18.0. The van der Waals surface area contributed by atoms with Crippen molar-refractivity contribution >= 4 is 60.5 Å². The second kappa shape index (κ2) is 14.8. The molecule has 0 radical (unpaired) electrons. The maximum absolute atomic E-state index is 7.45. The van der Waals surface area contributed by atoms with Crippen molar-refractivity contribution in [1.29, 1.82) is 0 Å². The van der Waals surface area contributed by atoms with Gasteiger partial charge in [0.25, 0.3) is 0 Å². The molecule has 0 fully saturated rings. The average molecular weight is 883 g/mol. The van der Waals surface area contributed by atoms with Crippen molar-refractivity contribution < 1.29 is 13.8 Å². The van der Waals surface area contributed by atoms with Gasteiger partial charge in [0.15, 0.2) is 23.0 Å². The van der Waals surface area contributed by atoms with Crippen molar-refractivity contribution in [2.24, 2.45) is 0 Å². The fraction of sp³-hybridized carbons (Fsp3) is 0.216. The molecule has 0 unspecified atom stereocenters. The van der Waals surface area contributed by atoms with E-state index in [1.807, 2.05) is 91.1 Å². The molecule has 13 heteroatoms. The van der Waals surface area contributed by atoms with E-state index in [0.29, 0.717) is 23.0 Å². The van der Waals surface area contributed by atoms with Crippen LogP contribution < -0.4 is 13.8 Å². The molecule has 4 aromatic heterocycles. The highest BCUT2D eigenvalue weighted by atomic mass is 31.2. The van der Waals surface area contributed by atoms with E-state index >= 15 is 0 Å². The van der Waals surface area contributed by atoms with Crippen LogP contribution in [0.4, 0.5) is 0 Å². The minimum Gasteiger partial charge on any atom is -0.449 e. The Hall–Kier alpha value is -6.54. The molecule has 11 rings (SSSR count). The minimum absolute atomic E-state index is 0.223. The van der Waals surface area contributed by atoms with Gasteiger partial charge >= 0.3 is 16.9 Å². The smallest absolute Gasteiger partial charge is 0.354 e. The Morgan fingerprint density at radius 1 is 0.453 bits per heavy atom. The highest BCUT2D eigenvalue weighted by Gasteiger charge is 2.42. The van der Waals surface area contributed by atoms with E-state index in [1.165, 1.54) is 0 Å². The van der Waals surface area contributed by atoms with Gasteiger partial charge in [-0.25, -0.2) is 0 Å². The molecule has 0 spiro atoms. The number of hydrogen-bond donors (Lipinski definition) is 0. The van der Waals surface area contributed by atoms with Crippen LogP contribution in [0, 0.1) is 0 Å². The molecule has 0 saturated carbocycles. The van der Waals surface area contributed by atoms with Crippen LogP contribution in [0.15, 0.2) is 146 Å². The van der Waals surface area contributed by atoms with Gasteiger partial charge < -0.3 is 13.8 Å². The van der Waals surface area contributed by atoms with Crippen LogP contribution in [-0.2, 0) is 16.2 Å². The zero-order valence-electron chi connectivity index (χ0n) is 37.1. The number of para-hydroxylation sites is 4. The van der Waals surface area contributed by atoms with E-state index in [9.17, 15) is 0 Å². The SMILES string of the molecule is CC(C)(C)c1cc(OP(n2ncc3ccccc32)n2ncc3ccccc32)c2c(c1)C(C)(C)c1cc(C(C)(C)C)cc(OP(n3ncc4ccccc43)n3ncc4ccccc43)c1O2. The number of benzene rings is 6. The van der Waals surface area contributed by atoms with Crippen LogP contribution in [0.25, 0.3) is 43.6 Å². The molecular formula is C51H48N8O3P2. The Bertz CT molecular complexity index is 3050. The molecule has 0 saturated heterocycles. The van der Waals surface area contributed by atoms with E-state index in [2.05, 4.69) is 128 Å². The van der Waals surface area contributed by atoms with Crippen LogP contribution in [0.3, 0.4) is 0 Å². The molecule has 64 heavy (non-hydrogen) atoms. The second-order valence-electron chi connectivity index (χ2n) is 19.0. The average Bonchev–Trinajstić information content (AvgIpc) is 4.10. The first-order valence-electron chi connectivity index (χ1n) is 21.5. The summed E-state index contributed by atoms with van der Waals surface area (Å²) in [4.78, 5) is 0. The van der Waals surface area contributed by atoms with Gasteiger partial charge in [-0.3, -0.25) is 0 Å². The van der Waals surface area contributed by atoms with Crippen molar-refractivity contribution in [1.82, 2.24) is 38.2 Å². The molecule has 1 aliphatic heterocycles. The molecule has 0 N–H and O–H groups in total. The topological polar surface area (TPSA) is 99.0 Å². The summed E-state index contributed by atoms with van der Waals surface area (Å²) in [5, 5.41) is 23.9. The minimum atomic E-state index is -1.76. The third-order valence-electron chi connectivity index (χ3n) is 12.2. The molecule has 1 aliphatic rings. The third kappa shape index (κ3) is 6.63. The van der Waals surface area contributed by atoms with E-state index in [1.54, 1.807) is 0 Å². The lowest BCUT2D eigenvalue weighted by Gasteiger charge is -2.39. The van der Waals surface area contributed by atoms with Crippen molar-refractivity contribution in [2.45, 2.75) is 71.6 Å². The maximum atomic E-state index is 7.45. The van der Waals surface area contributed by atoms with Gasteiger partial charge in [0.05, 0.1) is 46.9 Å². The van der Waals surface area contributed by atoms with Gasteiger partial charge in [0.2, 0.25) is 0 Å². The maximum Gasteiger partial charge on any atom is 0.354 e. The third-order valence-corrected chi connectivity index (χ3v) is 15.5. The van der Waals surface area contributed by atoms with Crippen molar-refractivity contribution in [3.8, 4) is 23.0 Å². The molecule has 0 atom stereocenters. The van der Waals surface area contributed by atoms with Gasteiger partial charge in [-0.2, -0.15) is 38.2 Å². The van der Waals surface area contributed by atoms with Crippen LogP contribution in [0.1, 0.15) is 77.6 Å². The second-order valence-corrected chi connectivity index (χ2v) is 21.9. The van der Waals surface area contributed by atoms with Gasteiger partial charge in [0, 0.05) is 38.1 Å². The zero-order valence-corrected chi connectivity index (χ0v) is 38.8. The molecule has 6 aromatic carbocycles. The Morgan fingerprint density at radius 2 is 0.750 bits per heavy atom. The molecular weight excluding hydrogens is 835 g/mol. The first kappa shape index (κ1) is 40.2. The Balaban J connectivity index is 1.12. The predicted octanol–water partition coefficient (Wildman–Crippen LogP) is 13.5. The summed E-state index contributed by atoms with van der Waals surface area (Å²) in [5.41, 5.74) is 7.03. The molecule has 5 heterocycles. The highest BCUT2D eigenvalue weighted by Crippen LogP contribution is 2.60. The van der Waals surface area contributed by atoms with Crippen LogP contribution in [0.2, 0.25) is 0 Å². The van der Waals surface area contributed by atoms with Gasteiger partial charge in [-0.15, -0.1) is 0 Å². The fourth-order valence-corrected chi connectivity index (χ4v) is 11.7. The normalized spacial score (nSPS) is 13.8. The van der Waals surface area contributed by atoms with Gasteiger partial charge in [-0.1, -0.05) is 140 Å². The standard InChI is InChI=1S/C51H48N8O3P2/c1-49(2,3)37-25-39-47(45(27-37)61-63(56-41-21-13-9-17-33(41)29-52-56)57-42-22-14-10-18-34(42)30-53-57)60-48-40(51(39,7)8)26-38(50(4,5)6)28-46(48)62-64(58-43-23-15-11-19-35(43)31-54-58)59-44-24-16-12-20-36(44)32-55-59/h9-32H,1-8H3. The summed E-state index contributed by atoms with van der Waals surface area (Å²) < 4.78 is 30.1. The fourth-order valence-electron chi connectivity index (χ4n) is 8.46. The van der Waals surface area contributed by atoms with Crippen LogP contribution in [0.5, 0.6) is 23.0 Å².